The fraction of sp³-hybridized carbons (Fsp3) is 0.929. The highest BCUT2D eigenvalue weighted by atomic mass is 16.5. The molecule has 0 bridgehead atoms. The van der Waals surface area contributed by atoms with Crippen molar-refractivity contribution in [2.24, 2.45) is 0 Å². The summed E-state index contributed by atoms with van der Waals surface area (Å²) in [6.07, 6.45) is 11.3. The van der Waals surface area contributed by atoms with E-state index in [9.17, 15) is 4.79 Å². The fourth-order valence-corrected chi connectivity index (χ4v) is 2.27. The first-order chi connectivity index (χ1) is 7.83. The van der Waals surface area contributed by atoms with E-state index in [4.69, 9.17) is 4.74 Å². The number of ether oxygens (including phenoxy) is 1. The summed E-state index contributed by atoms with van der Waals surface area (Å²) in [5.41, 5.74) is 0. The van der Waals surface area contributed by atoms with E-state index < -0.39 is 0 Å². The Balaban J connectivity index is 1.89. The Bertz CT molecular complexity index is 183. The zero-order valence-corrected chi connectivity index (χ0v) is 10.7. The molecule has 1 fully saturated rings. The van der Waals surface area contributed by atoms with Crippen LogP contribution in [0.4, 0.5) is 0 Å². The fourth-order valence-electron chi connectivity index (χ4n) is 2.27. The van der Waals surface area contributed by atoms with E-state index in [1.807, 2.05) is 0 Å². The topological polar surface area (TPSA) is 26.3 Å². The van der Waals surface area contributed by atoms with Gasteiger partial charge in [-0.15, -0.1) is 0 Å². The lowest BCUT2D eigenvalue weighted by molar-refractivity contribution is -0.119. The Morgan fingerprint density at radius 3 is 2.69 bits per heavy atom. The molecule has 0 spiro atoms. The first kappa shape index (κ1) is 13.7. The smallest absolute Gasteiger partial charge is 0.132 e. The van der Waals surface area contributed by atoms with Gasteiger partial charge in [-0.1, -0.05) is 26.2 Å². The molecule has 1 heterocycles. The molecule has 1 atom stereocenters. The molecule has 1 rings (SSSR count). The van der Waals surface area contributed by atoms with Gasteiger partial charge < -0.3 is 4.74 Å². The number of carbonyl (C=O) groups is 1. The summed E-state index contributed by atoms with van der Waals surface area (Å²) in [6.45, 7) is 3.12. The van der Waals surface area contributed by atoms with Crippen molar-refractivity contribution < 1.29 is 9.53 Å². The van der Waals surface area contributed by atoms with Crippen molar-refractivity contribution in [1.82, 2.24) is 0 Å². The Morgan fingerprint density at radius 2 is 2.00 bits per heavy atom. The summed E-state index contributed by atoms with van der Waals surface area (Å²) in [7, 11) is 0. The lowest BCUT2D eigenvalue weighted by Crippen LogP contribution is -2.06. The lowest BCUT2D eigenvalue weighted by atomic mass is 10.0. The van der Waals surface area contributed by atoms with Gasteiger partial charge in [-0.2, -0.15) is 0 Å². The zero-order valence-electron chi connectivity index (χ0n) is 10.7. The molecule has 16 heavy (non-hydrogen) atoms. The first-order valence-electron chi connectivity index (χ1n) is 6.96. The van der Waals surface area contributed by atoms with Gasteiger partial charge in [0.15, 0.2) is 0 Å². The minimum absolute atomic E-state index is 0.452. The lowest BCUT2D eigenvalue weighted by Gasteiger charge is -2.07. The third-order valence-corrected chi connectivity index (χ3v) is 3.31. The molecule has 0 radical (unpaired) electrons. The van der Waals surface area contributed by atoms with Gasteiger partial charge >= 0.3 is 0 Å². The number of carbonyl (C=O) groups excluding carboxylic acids is 1. The van der Waals surface area contributed by atoms with Crippen molar-refractivity contribution in [2.45, 2.75) is 77.2 Å². The van der Waals surface area contributed by atoms with Crippen molar-refractivity contribution in [3.05, 3.63) is 0 Å². The third kappa shape index (κ3) is 6.26. The van der Waals surface area contributed by atoms with Gasteiger partial charge in [0.25, 0.3) is 0 Å². The summed E-state index contributed by atoms with van der Waals surface area (Å²) in [4.78, 5) is 11.5. The Morgan fingerprint density at radius 1 is 1.19 bits per heavy atom. The second-order valence-corrected chi connectivity index (χ2v) is 4.88. The molecule has 94 valence electrons. The van der Waals surface area contributed by atoms with Crippen LogP contribution < -0.4 is 0 Å². The molecule has 2 heteroatoms. The third-order valence-electron chi connectivity index (χ3n) is 3.31. The summed E-state index contributed by atoms with van der Waals surface area (Å²) in [5, 5.41) is 0. The molecule has 1 saturated heterocycles. The van der Waals surface area contributed by atoms with Crippen LogP contribution >= 0.6 is 0 Å². The molecule has 0 aromatic heterocycles. The molecule has 1 aliphatic rings. The molecule has 1 unspecified atom stereocenters. The SMILES string of the molecule is CCCCCCC(=O)CCCC1CCCO1. The highest BCUT2D eigenvalue weighted by molar-refractivity contribution is 5.78. The summed E-state index contributed by atoms with van der Waals surface area (Å²) in [6, 6.07) is 0. The number of ketones is 1. The van der Waals surface area contributed by atoms with Gasteiger partial charge in [-0.25, -0.2) is 0 Å². The van der Waals surface area contributed by atoms with Crippen LogP contribution in [0, 0.1) is 0 Å². The standard InChI is InChI=1S/C14H26O2/c1-2-3-4-5-8-13(15)9-6-10-14-11-7-12-16-14/h14H,2-12H2,1H3. The van der Waals surface area contributed by atoms with Crippen molar-refractivity contribution >= 4 is 5.78 Å². The van der Waals surface area contributed by atoms with Crippen LogP contribution in [0.3, 0.4) is 0 Å². The Hall–Kier alpha value is -0.370. The molecule has 0 N–H and O–H groups in total. The predicted molar refractivity (Wildman–Crippen MR) is 66.6 cm³/mol. The second-order valence-electron chi connectivity index (χ2n) is 4.88. The van der Waals surface area contributed by atoms with Crippen LogP contribution in [0.5, 0.6) is 0 Å². The van der Waals surface area contributed by atoms with Gasteiger partial charge in [0.1, 0.15) is 5.78 Å². The predicted octanol–water partition coefficient (Wildman–Crippen LogP) is 3.88. The summed E-state index contributed by atoms with van der Waals surface area (Å²) >= 11 is 0. The van der Waals surface area contributed by atoms with Crippen LogP contribution in [0.25, 0.3) is 0 Å². The van der Waals surface area contributed by atoms with E-state index in [1.54, 1.807) is 0 Å². The number of Topliss-reactive ketones (excluding diaryl/α,β-unsaturated/α-hetero) is 1. The summed E-state index contributed by atoms with van der Waals surface area (Å²) in [5.74, 6) is 0.453. The van der Waals surface area contributed by atoms with Crippen LogP contribution in [0.2, 0.25) is 0 Å². The van der Waals surface area contributed by atoms with Crippen molar-refractivity contribution in [3.8, 4) is 0 Å². The minimum Gasteiger partial charge on any atom is -0.378 e. The van der Waals surface area contributed by atoms with Crippen molar-refractivity contribution in [2.75, 3.05) is 6.61 Å². The van der Waals surface area contributed by atoms with E-state index in [2.05, 4.69) is 6.92 Å². The van der Waals surface area contributed by atoms with Crippen molar-refractivity contribution in [3.63, 3.8) is 0 Å². The number of unbranched alkanes of at least 4 members (excludes halogenated alkanes) is 3. The molecule has 2 nitrogen and oxygen atoms in total. The van der Waals surface area contributed by atoms with E-state index in [-0.39, 0.29) is 0 Å². The maximum Gasteiger partial charge on any atom is 0.132 e. The van der Waals surface area contributed by atoms with Gasteiger partial charge in [-0.3, -0.25) is 4.79 Å². The quantitative estimate of drug-likeness (QED) is 0.558. The molecular weight excluding hydrogens is 200 g/mol. The van der Waals surface area contributed by atoms with Crippen LogP contribution in [0.15, 0.2) is 0 Å². The maximum atomic E-state index is 11.5. The average molecular weight is 226 g/mol. The average Bonchev–Trinajstić information content (AvgIpc) is 2.77. The van der Waals surface area contributed by atoms with E-state index >= 15 is 0 Å². The highest BCUT2D eigenvalue weighted by Gasteiger charge is 2.15. The number of rotatable bonds is 9. The molecular formula is C14H26O2. The van der Waals surface area contributed by atoms with E-state index in [0.29, 0.717) is 11.9 Å². The second kappa shape index (κ2) is 8.74. The normalized spacial score (nSPS) is 20.2. The highest BCUT2D eigenvalue weighted by Crippen LogP contribution is 2.18. The maximum absolute atomic E-state index is 11.5. The van der Waals surface area contributed by atoms with Crippen LogP contribution in [-0.4, -0.2) is 18.5 Å². The van der Waals surface area contributed by atoms with Gasteiger partial charge in [-0.05, 0) is 32.1 Å². The minimum atomic E-state index is 0.452. The Labute approximate surface area is 99.8 Å². The van der Waals surface area contributed by atoms with Crippen LogP contribution in [-0.2, 0) is 9.53 Å². The monoisotopic (exact) mass is 226 g/mol. The van der Waals surface area contributed by atoms with Gasteiger partial charge in [0, 0.05) is 19.4 Å². The van der Waals surface area contributed by atoms with Gasteiger partial charge in [0.05, 0.1) is 6.10 Å². The molecule has 0 aromatic carbocycles. The van der Waals surface area contributed by atoms with E-state index in [1.165, 1.54) is 32.1 Å². The number of hydrogen-bond acceptors (Lipinski definition) is 2. The molecule has 0 aliphatic carbocycles. The first-order valence-corrected chi connectivity index (χ1v) is 6.96. The van der Waals surface area contributed by atoms with Crippen molar-refractivity contribution in [1.29, 1.82) is 0 Å². The number of hydrogen-bond donors (Lipinski definition) is 0. The van der Waals surface area contributed by atoms with Crippen LogP contribution in [0.1, 0.15) is 71.1 Å². The largest absolute Gasteiger partial charge is 0.378 e. The molecule has 1 aliphatic heterocycles. The molecule has 0 amide bonds. The van der Waals surface area contributed by atoms with E-state index in [0.717, 1.165) is 38.7 Å². The molecule has 0 saturated carbocycles. The zero-order chi connectivity index (χ0) is 11.6. The van der Waals surface area contributed by atoms with Gasteiger partial charge in [0.2, 0.25) is 0 Å². The summed E-state index contributed by atoms with van der Waals surface area (Å²) < 4.78 is 5.54. The Kier molecular flexibility index (Phi) is 7.48. The molecule has 0 aromatic rings.